The summed E-state index contributed by atoms with van der Waals surface area (Å²) >= 11 is 0. The molecule has 0 bridgehead atoms. The molecule has 0 aromatic carbocycles. The molecule has 3 amide bonds. The first-order valence-corrected chi connectivity index (χ1v) is 4.43. The number of amides is 3. The maximum absolute atomic E-state index is 11.5. The van der Waals surface area contributed by atoms with Gasteiger partial charge in [-0.2, -0.15) is 5.06 Å². The molecule has 1 aliphatic rings. The number of carbonyl (C=O) groups excluding carboxylic acids is 4. The van der Waals surface area contributed by atoms with Crippen molar-refractivity contribution in [3.05, 3.63) is 0 Å². The highest BCUT2D eigenvalue weighted by Crippen LogP contribution is 2.11. The third kappa shape index (κ3) is 2.69. The van der Waals surface area contributed by atoms with Crippen molar-refractivity contribution in [1.29, 1.82) is 0 Å². The highest BCUT2D eigenvalue weighted by Gasteiger charge is 2.36. The minimum absolute atomic E-state index is 0.0605. The van der Waals surface area contributed by atoms with Gasteiger partial charge in [-0.1, -0.05) is 5.06 Å². The number of urea groups is 1. The van der Waals surface area contributed by atoms with Crippen LogP contribution in [-0.4, -0.2) is 40.5 Å². The molecular weight excluding hydrogens is 220 g/mol. The monoisotopic (exact) mass is 230 g/mol. The van der Waals surface area contributed by atoms with E-state index in [1.807, 2.05) is 0 Å². The van der Waals surface area contributed by atoms with E-state index in [1.54, 1.807) is 0 Å². The second-order valence-corrected chi connectivity index (χ2v) is 2.99. The molecule has 0 radical (unpaired) electrons. The summed E-state index contributed by atoms with van der Waals surface area (Å²) < 4.78 is 0. The number of rotatable bonds is 2. The van der Waals surface area contributed by atoms with E-state index >= 15 is 0 Å². The van der Waals surface area contributed by atoms with Gasteiger partial charge in [0.1, 0.15) is 0 Å². The van der Waals surface area contributed by atoms with E-state index in [-0.39, 0.29) is 18.0 Å². The van der Waals surface area contributed by atoms with Crippen LogP contribution in [0, 0.1) is 0 Å². The zero-order valence-electron chi connectivity index (χ0n) is 8.76. The first-order chi connectivity index (χ1) is 7.41. The van der Waals surface area contributed by atoms with E-state index in [4.69, 9.17) is 0 Å². The van der Waals surface area contributed by atoms with E-state index in [9.17, 15) is 19.2 Å². The number of hydrogen-bond acceptors (Lipinski definition) is 6. The lowest BCUT2D eigenvalue weighted by Crippen LogP contribution is -2.52. The maximum atomic E-state index is 11.5. The van der Waals surface area contributed by atoms with Crippen LogP contribution in [0.3, 0.4) is 0 Å². The molecule has 0 atom stereocenters. The van der Waals surface area contributed by atoms with Gasteiger partial charge >= 0.3 is 18.0 Å². The Hall–Kier alpha value is -2.12. The molecule has 1 aliphatic heterocycles. The lowest BCUT2D eigenvalue weighted by Gasteiger charge is -2.29. The molecule has 16 heavy (non-hydrogen) atoms. The first-order valence-electron chi connectivity index (χ1n) is 4.43. The molecule has 0 saturated carbocycles. The van der Waals surface area contributed by atoms with Crippen molar-refractivity contribution in [2.45, 2.75) is 20.3 Å². The van der Waals surface area contributed by atoms with Gasteiger partial charge in [-0.15, -0.1) is 0 Å². The van der Waals surface area contributed by atoms with Gasteiger partial charge in [0.25, 0.3) is 5.91 Å². The Bertz CT molecular complexity index is 352. The third-order valence-electron chi connectivity index (χ3n) is 1.60. The van der Waals surface area contributed by atoms with Crippen LogP contribution >= 0.6 is 0 Å². The lowest BCUT2D eigenvalue weighted by atomic mass is 10.3. The molecule has 0 aromatic heterocycles. The highest BCUT2D eigenvalue weighted by molar-refractivity contribution is 5.96. The molecule has 0 aromatic rings. The van der Waals surface area contributed by atoms with Crippen molar-refractivity contribution in [2.75, 3.05) is 6.54 Å². The fourth-order valence-corrected chi connectivity index (χ4v) is 1.06. The standard InChI is InChI=1S/C8H10N2O6/c1-5(11)15-9-4-3-7(13)10(8(9)14)16-6(2)12/h3-4H2,1-2H3. The van der Waals surface area contributed by atoms with Crippen LogP contribution in [0.15, 0.2) is 0 Å². The second-order valence-electron chi connectivity index (χ2n) is 2.99. The highest BCUT2D eigenvalue weighted by atomic mass is 16.8. The van der Waals surface area contributed by atoms with E-state index in [2.05, 4.69) is 9.68 Å². The van der Waals surface area contributed by atoms with Gasteiger partial charge in [-0.05, 0) is 0 Å². The SMILES string of the molecule is CC(=O)ON1CCC(=O)N(OC(C)=O)C1=O. The molecule has 1 rings (SSSR count). The van der Waals surface area contributed by atoms with Crippen molar-refractivity contribution in [2.24, 2.45) is 0 Å². The van der Waals surface area contributed by atoms with Crippen molar-refractivity contribution < 1.29 is 28.9 Å². The molecule has 0 unspecified atom stereocenters. The number of nitrogens with zero attached hydrogens (tertiary/aromatic N) is 2. The molecule has 0 aliphatic carbocycles. The largest absolute Gasteiger partial charge is 0.394 e. The molecule has 1 fully saturated rings. The number of hydrogen-bond donors (Lipinski definition) is 0. The molecular formula is C8H10N2O6. The number of imide groups is 1. The Kier molecular flexibility index (Phi) is 3.44. The molecule has 8 heteroatoms. The minimum Gasteiger partial charge on any atom is -0.337 e. The average molecular weight is 230 g/mol. The molecule has 1 saturated heterocycles. The van der Waals surface area contributed by atoms with Crippen LogP contribution in [0.1, 0.15) is 20.3 Å². The topological polar surface area (TPSA) is 93.2 Å². The molecule has 88 valence electrons. The van der Waals surface area contributed by atoms with Gasteiger partial charge in [0, 0.05) is 13.8 Å². The van der Waals surface area contributed by atoms with Crippen molar-refractivity contribution in [3.63, 3.8) is 0 Å². The summed E-state index contributed by atoms with van der Waals surface area (Å²) in [4.78, 5) is 52.9. The van der Waals surface area contributed by atoms with Gasteiger partial charge in [-0.25, -0.2) is 9.59 Å². The van der Waals surface area contributed by atoms with Gasteiger partial charge in [-0.3, -0.25) is 9.59 Å². The van der Waals surface area contributed by atoms with E-state index in [0.29, 0.717) is 5.06 Å². The molecule has 0 spiro atoms. The van der Waals surface area contributed by atoms with Crippen LogP contribution in [0.5, 0.6) is 0 Å². The maximum Gasteiger partial charge on any atom is 0.394 e. The quantitative estimate of drug-likeness (QED) is 0.640. The van der Waals surface area contributed by atoms with Crippen LogP contribution in [0.4, 0.5) is 4.79 Å². The van der Waals surface area contributed by atoms with Crippen molar-refractivity contribution in [1.82, 2.24) is 10.1 Å². The van der Waals surface area contributed by atoms with Gasteiger partial charge < -0.3 is 9.68 Å². The molecule has 0 N–H and O–H groups in total. The zero-order chi connectivity index (χ0) is 12.3. The lowest BCUT2D eigenvalue weighted by molar-refractivity contribution is -0.209. The summed E-state index contributed by atoms with van der Waals surface area (Å²) in [6, 6.07) is -0.998. The Morgan fingerprint density at radius 2 is 1.69 bits per heavy atom. The van der Waals surface area contributed by atoms with Crippen molar-refractivity contribution >= 4 is 23.9 Å². The summed E-state index contributed by atoms with van der Waals surface area (Å²) in [5, 5.41) is 0.932. The summed E-state index contributed by atoms with van der Waals surface area (Å²) in [5.74, 6) is -2.18. The second kappa shape index (κ2) is 4.60. The van der Waals surface area contributed by atoms with E-state index < -0.39 is 23.9 Å². The predicted molar refractivity (Wildman–Crippen MR) is 47.1 cm³/mol. The Morgan fingerprint density at radius 3 is 2.19 bits per heavy atom. The van der Waals surface area contributed by atoms with E-state index in [1.165, 1.54) is 0 Å². The number of carbonyl (C=O) groups is 4. The van der Waals surface area contributed by atoms with Gasteiger partial charge in [0.15, 0.2) is 0 Å². The summed E-state index contributed by atoms with van der Waals surface area (Å²) in [7, 11) is 0. The normalized spacial score (nSPS) is 16.1. The van der Waals surface area contributed by atoms with Crippen LogP contribution in [-0.2, 0) is 24.1 Å². The zero-order valence-corrected chi connectivity index (χ0v) is 8.76. The Balaban J connectivity index is 2.74. The Morgan fingerprint density at radius 1 is 1.12 bits per heavy atom. The average Bonchev–Trinajstić information content (AvgIpc) is 2.16. The van der Waals surface area contributed by atoms with Crippen LogP contribution in [0.2, 0.25) is 0 Å². The van der Waals surface area contributed by atoms with Crippen molar-refractivity contribution in [3.8, 4) is 0 Å². The van der Waals surface area contributed by atoms with E-state index in [0.717, 1.165) is 13.8 Å². The predicted octanol–water partition coefficient (Wildman–Crippen LogP) is -0.403. The van der Waals surface area contributed by atoms with Gasteiger partial charge in [0.05, 0.1) is 13.0 Å². The summed E-state index contributed by atoms with van der Waals surface area (Å²) in [5.41, 5.74) is 0. The van der Waals surface area contributed by atoms with Gasteiger partial charge in [0.2, 0.25) is 0 Å². The smallest absolute Gasteiger partial charge is 0.337 e. The molecule has 1 heterocycles. The minimum atomic E-state index is -0.998. The fraction of sp³-hybridized carbons (Fsp3) is 0.500. The molecule has 8 nitrogen and oxygen atoms in total. The number of hydroxylamine groups is 4. The van der Waals surface area contributed by atoms with Crippen LogP contribution < -0.4 is 0 Å². The summed E-state index contributed by atoms with van der Waals surface area (Å²) in [6.45, 7) is 2.10. The fourth-order valence-electron chi connectivity index (χ4n) is 1.06. The first kappa shape index (κ1) is 12.0. The summed E-state index contributed by atoms with van der Waals surface area (Å²) in [6.07, 6.45) is -0.0910. The van der Waals surface area contributed by atoms with Crippen LogP contribution in [0.25, 0.3) is 0 Å². The third-order valence-corrected chi connectivity index (χ3v) is 1.60. The Labute approximate surface area is 90.6 Å².